The summed E-state index contributed by atoms with van der Waals surface area (Å²) in [6.45, 7) is 4.74. The number of likely N-dealkylation sites (tertiary alicyclic amines) is 1. The van der Waals surface area contributed by atoms with Crippen molar-refractivity contribution in [2.45, 2.75) is 76.8 Å². The van der Waals surface area contributed by atoms with Crippen LogP contribution < -0.4 is 11.1 Å². The fourth-order valence-corrected chi connectivity index (χ4v) is 3.86. The molecule has 21 heavy (non-hydrogen) atoms. The zero-order chi connectivity index (χ0) is 15.1. The lowest BCUT2D eigenvalue weighted by Gasteiger charge is -2.33. The van der Waals surface area contributed by atoms with Crippen molar-refractivity contribution in [3.05, 3.63) is 0 Å². The molecule has 2 fully saturated rings. The topological polar surface area (TPSA) is 58.4 Å². The average molecular weight is 295 g/mol. The molecule has 1 saturated carbocycles. The second kappa shape index (κ2) is 8.74. The Bertz CT molecular complexity index is 307. The van der Waals surface area contributed by atoms with Crippen LogP contribution in [0, 0.1) is 5.92 Å². The fraction of sp³-hybridized carbons (Fsp3) is 0.941. The molecule has 0 aromatic rings. The van der Waals surface area contributed by atoms with Gasteiger partial charge in [0, 0.05) is 12.6 Å². The Morgan fingerprint density at radius 2 is 1.67 bits per heavy atom. The van der Waals surface area contributed by atoms with Gasteiger partial charge < -0.3 is 11.1 Å². The number of rotatable bonds is 5. The first-order chi connectivity index (χ1) is 10.2. The summed E-state index contributed by atoms with van der Waals surface area (Å²) in [5.74, 6) is 0.766. The Balaban J connectivity index is 1.85. The summed E-state index contributed by atoms with van der Waals surface area (Å²) in [6.07, 6.45) is 11.4. The van der Waals surface area contributed by atoms with Gasteiger partial charge in [-0.25, -0.2) is 0 Å². The van der Waals surface area contributed by atoms with Gasteiger partial charge >= 0.3 is 0 Å². The number of carbonyl (C=O) groups is 1. The third-order valence-electron chi connectivity index (χ3n) is 5.37. The van der Waals surface area contributed by atoms with Crippen LogP contribution in [0.25, 0.3) is 0 Å². The third-order valence-corrected chi connectivity index (χ3v) is 5.37. The summed E-state index contributed by atoms with van der Waals surface area (Å²) in [6, 6.07) is 0.160. The molecule has 1 saturated heterocycles. The lowest BCUT2D eigenvalue weighted by Crippen LogP contribution is -2.52. The van der Waals surface area contributed by atoms with Crippen LogP contribution in [0.15, 0.2) is 0 Å². The van der Waals surface area contributed by atoms with Crippen LogP contribution >= 0.6 is 0 Å². The van der Waals surface area contributed by atoms with Gasteiger partial charge in [-0.3, -0.25) is 9.69 Å². The predicted octanol–water partition coefficient (Wildman–Crippen LogP) is 2.27. The van der Waals surface area contributed by atoms with Gasteiger partial charge in [0.25, 0.3) is 0 Å². The SMILES string of the molecule is CC(C(=O)NC(CN)C1CCCCC1)N1CCCCCC1. The molecule has 1 aliphatic carbocycles. The van der Waals surface area contributed by atoms with Crippen LogP contribution in [0.5, 0.6) is 0 Å². The van der Waals surface area contributed by atoms with E-state index in [9.17, 15) is 4.79 Å². The Hall–Kier alpha value is -0.610. The molecule has 4 nitrogen and oxygen atoms in total. The van der Waals surface area contributed by atoms with Crippen molar-refractivity contribution >= 4 is 5.91 Å². The molecule has 122 valence electrons. The molecule has 2 atom stereocenters. The molecule has 0 aromatic heterocycles. The standard InChI is InChI=1S/C17H33N3O/c1-14(20-11-7-2-3-8-12-20)17(21)19-16(13-18)15-9-5-4-6-10-15/h14-16H,2-13,18H2,1H3,(H,19,21). The van der Waals surface area contributed by atoms with E-state index >= 15 is 0 Å². The molecule has 0 bridgehead atoms. The molecule has 4 heteroatoms. The second-order valence-electron chi connectivity index (χ2n) is 6.88. The van der Waals surface area contributed by atoms with Crippen molar-refractivity contribution in [2.24, 2.45) is 11.7 Å². The van der Waals surface area contributed by atoms with Crippen LogP contribution in [-0.4, -0.2) is 42.5 Å². The van der Waals surface area contributed by atoms with E-state index in [0.717, 1.165) is 13.1 Å². The van der Waals surface area contributed by atoms with E-state index in [1.54, 1.807) is 0 Å². The lowest BCUT2D eigenvalue weighted by molar-refractivity contribution is -0.127. The molecule has 2 aliphatic rings. The number of nitrogens with two attached hydrogens (primary N) is 1. The first-order valence-electron chi connectivity index (χ1n) is 8.97. The van der Waals surface area contributed by atoms with E-state index in [2.05, 4.69) is 17.1 Å². The molecular weight excluding hydrogens is 262 g/mol. The summed E-state index contributed by atoms with van der Waals surface area (Å²) in [5, 5.41) is 3.25. The van der Waals surface area contributed by atoms with Gasteiger partial charge in [0.1, 0.15) is 0 Å². The van der Waals surface area contributed by atoms with Crippen LogP contribution in [0.3, 0.4) is 0 Å². The highest BCUT2D eigenvalue weighted by Gasteiger charge is 2.28. The summed E-state index contributed by atoms with van der Waals surface area (Å²) >= 11 is 0. The van der Waals surface area contributed by atoms with E-state index in [-0.39, 0.29) is 18.0 Å². The molecule has 3 N–H and O–H groups in total. The zero-order valence-electron chi connectivity index (χ0n) is 13.7. The van der Waals surface area contributed by atoms with Crippen molar-refractivity contribution in [3.8, 4) is 0 Å². The van der Waals surface area contributed by atoms with Gasteiger partial charge in [-0.15, -0.1) is 0 Å². The summed E-state index contributed by atoms with van der Waals surface area (Å²) in [4.78, 5) is 14.9. The highest BCUT2D eigenvalue weighted by Crippen LogP contribution is 2.26. The minimum Gasteiger partial charge on any atom is -0.350 e. The van der Waals surface area contributed by atoms with Gasteiger partial charge in [0.2, 0.25) is 5.91 Å². The number of hydrogen-bond acceptors (Lipinski definition) is 3. The molecule has 1 amide bonds. The van der Waals surface area contributed by atoms with E-state index in [1.807, 2.05) is 0 Å². The number of carbonyl (C=O) groups excluding carboxylic acids is 1. The van der Waals surface area contributed by atoms with Crippen molar-refractivity contribution in [1.82, 2.24) is 10.2 Å². The Morgan fingerprint density at radius 1 is 1.10 bits per heavy atom. The van der Waals surface area contributed by atoms with E-state index in [4.69, 9.17) is 5.73 Å². The van der Waals surface area contributed by atoms with Gasteiger partial charge in [-0.1, -0.05) is 32.1 Å². The maximum Gasteiger partial charge on any atom is 0.237 e. The summed E-state index contributed by atoms with van der Waals surface area (Å²) in [5.41, 5.74) is 5.93. The van der Waals surface area contributed by atoms with E-state index in [1.165, 1.54) is 57.8 Å². The van der Waals surface area contributed by atoms with Crippen LogP contribution in [0.4, 0.5) is 0 Å². The zero-order valence-corrected chi connectivity index (χ0v) is 13.7. The summed E-state index contributed by atoms with van der Waals surface area (Å²) < 4.78 is 0. The maximum atomic E-state index is 12.6. The molecule has 0 spiro atoms. The average Bonchev–Trinajstić information content (AvgIpc) is 2.81. The lowest BCUT2D eigenvalue weighted by atomic mass is 9.84. The second-order valence-corrected chi connectivity index (χ2v) is 6.88. The van der Waals surface area contributed by atoms with Crippen LogP contribution in [0.2, 0.25) is 0 Å². The first-order valence-corrected chi connectivity index (χ1v) is 8.97. The Kier molecular flexibility index (Phi) is 6.97. The van der Waals surface area contributed by atoms with Gasteiger partial charge in [-0.05, 0) is 51.6 Å². The minimum atomic E-state index is -0.0132. The maximum absolute atomic E-state index is 12.6. The fourth-order valence-electron chi connectivity index (χ4n) is 3.86. The molecular formula is C17H33N3O. The van der Waals surface area contributed by atoms with Gasteiger partial charge in [0.15, 0.2) is 0 Å². The summed E-state index contributed by atoms with van der Waals surface area (Å²) in [7, 11) is 0. The van der Waals surface area contributed by atoms with Gasteiger partial charge in [0.05, 0.1) is 6.04 Å². The highest BCUT2D eigenvalue weighted by molar-refractivity contribution is 5.81. The first kappa shape index (κ1) is 16.8. The van der Waals surface area contributed by atoms with Crippen LogP contribution in [-0.2, 0) is 4.79 Å². The van der Waals surface area contributed by atoms with Crippen molar-refractivity contribution < 1.29 is 4.79 Å². The number of hydrogen-bond donors (Lipinski definition) is 2. The molecule has 0 aromatic carbocycles. The number of nitrogens with zero attached hydrogens (tertiary/aromatic N) is 1. The Labute approximate surface area is 129 Å². The smallest absolute Gasteiger partial charge is 0.237 e. The van der Waals surface area contributed by atoms with Crippen LogP contribution in [0.1, 0.15) is 64.7 Å². The third kappa shape index (κ3) is 4.96. The van der Waals surface area contributed by atoms with Crippen molar-refractivity contribution in [3.63, 3.8) is 0 Å². The predicted molar refractivity (Wildman–Crippen MR) is 87.1 cm³/mol. The number of nitrogens with one attached hydrogen (secondary N) is 1. The molecule has 2 rings (SSSR count). The normalized spacial score (nSPS) is 25.0. The van der Waals surface area contributed by atoms with Gasteiger partial charge in [-0.2, -0.15) is 0 Å². The van der Waals surface area contributed by atoms with E-state index in [0.29, 0.717) is 12.5 Å². The van der Waals surface area contributed by atoms with Crippen molar-refractivity contribution in [2.75, 3.05) is 19.6 Å². The Morgan fingerprint density at radius 3 is 2.24 bits per heavy atom. The number of amides is 1. The molecule has 1 aliphatic heterocycles. The monoisotopic (exact) mass is 295 g/mol. The quantitative estimate of drug-likeness (QED) is 0.818. The minimum absolute atomic E-state index is 0.0132. The van der Waals surface area contributed by atoms with Crippen molar-refractivity contribution in [1.29, 1.82) is 0 Å². The molecule has 2 unspecified atom stereocenters. The molecule has 1 heterocycles. The largest absolute Gasteiger partial charge is 0.350 e. The molecule has 0 radical (unpaired) electrons. The highest BCUT2D eigenvalue weighted by atomic mass is 16.2. The van der Waals surface area contributed by atoms with E-state index < -0.39 is 0 Å².